The number of rotatable bonds is 6. The molecule has 0 saturated carbocycles. The zero-order valence-corrected chi connectivity index (χ0v) is 15.9. The van der Waals surface area contributed by atoms with Gasteiger partial charge in [-0.25, -0.2) is 4.39 Å². The summed E-state index contributed by atoms with van der Waals surface area (Å²) >= 11 is 1.15. The molecule has 0 aliphatic heterocycles. The van der Waals surface area contributed by atoms with E-state index in [1.54, 1.807) is 20.1 Å². The minimum Gasteiger partial charge on any atom is -0.494 e. The number of benzene rings is 2. The number of aryl methyl sites for hydroxylation is 2. The van der Waals surface area contributed by atoms with Crippen LogP contribution in [-0.4, -0.2) is 39.0 Å². The highest BCUT2D eigenvalue weighted by Crippen LogP contribution is 2.27. The molecule has 0 radical (unpaired) electrons. The molecule has 3 aromatic rings. The molecule has 7 nitrogen and oxygen atoms in total. The largest absolute Gasteiger partial charge is 0.494 e. The summed E-state index contributed by atoms with van der Waals surface area (Å²) in [7, 11) is 1.56. The topological polar surface area (TPSA) is 81.9 Å². The molecule has 9 heteroatoms. The first-order valence-corrected chi connectivity index (χ1v) is 9.08. The Hall–Kier alpha value is -2.94. The maximum Gasteiger partial charge on any atom is 0.234 e. The summed E-state index contributed by atoms with van der Waals surface area (Å²) in [5.74, 6) is -0.181. The molecule has 0 bridgehead atoms. The van der Waals surface area contributed by atoms with Crippen molar-refractivity contribution in [1.82, 2.24) is 20.2 Å². The van der Waals surface area contributed by atoms with Crippen molar-refractivity contribution in [3.05, 3.63) is 53.3 Å². The molecular weight excluding hydrogens is 369 g/mol. The van der Waals surface area contributed by atoms with Crippen molar-refractivity contribution in [2.75, 3.05) is 18.2 Å². The number of methoxy groups -OCH3 is 1. The highest BCUT2D eigenvalue weighted by atomic mass is 32.2. The van der Waals surface area contributed by atoms with Gasteiger partial charge in [0.2, 0.25) is 11.1 Å². The predicted octanol–water partition coefficient (Wildman–Crippen LogP) is 3.16. The van der Waals surface area contributed by atoms with Crippen LogP contribution in [0.15, 0.2) is 41.6 Å². The lowest BCUT2D eigenvalue weighted by Crippen LogP contribution is -2.15. The minimum atomic E-state index is -0.470. The van der Waals surface area contributed by atoms with Gasteiger partial charge in [0.15, 0.2) is 0 Å². The van der Waals surface area contributed by atoms with Crippen LogP contribution in [0, 0.1) is 19.7 Å². The molecule has 0 aliphatic rings. The molecule has 0 saturated heterocycles. The van der Waals surface area contributed by atoms with Crippen LogP contribution in [0.3, 0.4) is 0 Å². The van der Waals surface area contributed by atoms with Gasteiger partial charge >= 0.3 is 0 Å². The number of hydrogen-bond acceptors (Lipinski definition) is 6. The number of tetrazole rings is 1. The number of amides is 1. The molecule has 27 heavy (non-hydrogen) atoms. The van der Waals surface area contributed by atoms with Crippen LogP contribution in [0.5, 0.6) is 5.75 Å². The maximum absolute atomic E-state index is 13.9. The van der Waals surface area contributed by atoms with Crippen LogP contribution in [0.4, 0.5) is 10.1 Å². The quantitative estimate of drug-likeness (QED) is 0.655. The van der Waals surface area contributed by atoms with E-state index in [4.69, 9.17) is 4.74 Å². The number of carbonyl (C=O) groups excluding carboxylic acids is 1. The fourth-order valence-corrected chi connectivity index (χ4v) is 3.11. The van der Waals surface area contributed by atoms with E-state index in [-0.39, 0.29) is 17.3 Å². The van der Waals surface area contributed by atoms with E-state index in [2.05, 4.69) is 20.8 Å². The van der Waals surface area contributed by atoms with Crippen LogP contribution in [0.25, 0.3) is 5.69 Å². The van der Waals surface area contributed by atoms with Crippen molar-refractivity contribution in [2.24, 2.45) is 0 Å². The summed E-state index contributed by atoms with van der Waals surface area (Å²) in [6, 6.07) is 10.3. The minimum absolute atomic E-state index is 0.0296. The zero-order chi connectivity index (χ0) is 19.4. The summed E-state index contributed by atoms with van der Waals surface area (Å²) in [5, 5.41) is 14.6. The maximum atomic E-state index is 13.9. The molecule has 0 unspecified atom stereocenters. The van der Waals surface area contributed by atoms with Crippen LogP contribution in [0.1, 0.15) is 11.1 Å². The van der Waals surface area contributed by atoms with Gasteiger partial charge in [0.25, 0.3) is 0 Å². The lowest BCUT2D eigenvalue weighted by Gasteiger charge is -2.10. The predicted molar refractivity (Wildman–Crippen MR) is 101 cm³/mol. The Balaban J connectivity index is 1.72. The molecule has 1 N–H and O–H groups in total. The summed E-state index contributed by atoms with van der Waals surface area (Å²) in [4.78, 5) is 12.2. The Labute approximate surface area is 159 Å². The Bertz CT molecular complexity index is 976. The second kappa shape index (κ2) is 8.17. The number of hydrogen-bond donors (Lipinski definition) is 1. The van der Waals surface area contributed by atoms with Gasteiger partial charge in [-0.3, -0.25) is 4.79 Å². The van der Waals surface area contributed by atoms with Gasteiger partial charge in [-0.05, 0) is 59.7 Å². The molecule has 2 aromatic carbocycles. The fourth-order valence-electron chi connectivity index (χ4n) is 2.42. The lowest BCUT2D eigenvalue weighted by atomic mass is 10.2. The highest BCUT2D eigenvalue weighted by Gasteiger charge is 2.16. The number of thioether (sulfide) groups is 1. The third-order valence-electron chi connectivity index (χ3n) is 3.73. The molecule has 1 aromatic heterocycles. The Kier molecular flexibility index (Phi) is 5.70. The Morgan fingerprint density at radius 1 is 1.22 bits per heavy atom. The standard InChI is InChI=1S/C18H18FN5O2S/c1-11-4-6-14(13(19)8-11)20-17(25)10-27-18-21-22-23-24(18)15-9-12(2)5-7-16(15)26-3/h4-9H,10H2,1-3H3,(H,20,25). The van der Waals surface area contributed by atoms with Crippen LogP contribution in [0.2, 0.25) is 0 Å². The van der Waals surface area contributed by atoms with Gasteiger partial charge in [-0.1, -0.05) is 23.9 Å². The van der Waals surface area contributed by atoms with E-state index in [1.807, 2.05) is 25.1 Å². The van der Waals surface area contributed by atoms with Crippen molar-refractivity contribution >= 4 is 23.4 Å². The van der Waals surface area contributed by atoms with E-state index in [9.17, 15) is 9.18 Å². The van der Waals surface area contributed by atoms with Gasteiger partial charge in [0, 0.05) is 0 Å². The van der Waals surface area contributed by atoms with Crippen molar-refractivity contribution in [1.29, 1.82) is 0 Å². The first kappa shape index (κ1) is 18.8. The lowest BCUT2D eigenvalue weighted by molar-refractivity contribution is -0.113. The van der Waals surface area contributed by atoms with Crippen molar-refractivity contribution in [3.8, 4) is 11.4 Å². The summed E-state index contributed by atoms with van der Waals surface area (Å²) in [6.07, 6.45) is 0. The van der Waals surface area contributed by atoms with Gasteiger partial charge < -0.3 is 10.1 Å². The van der Waals surface area contributed by atoms with E-state index in [0.29, 0.717) is 16.6 Å². The molecule has 1 heterocycles. The summed E-state index contributed by atoms with van der Waals surface area (Å²) < 4.78 is 20.7. The van der Waals surface area contributed by atoms with Crippen LogP contribution < -0.4 is 10.1 Å². The smallest absolute Gasteiger partial charge is 0.234 e. The molecule has 0 spiro atoms. The van der Waals surface area contributed by atoms with E-state index < -0.39 is 5.82 Å². The third-order valence-corrected chi connectivity index (χ3v) is 4.65. The van der Waals surface area contributed by atoms with E-state index >= 15 is 0 Å². The first-order chi connectivity index (χ1) is 13.0. The molecule has 1 amide bonds. The highest BCUT2D eigenvalue weighted by molar-refractivity contribution is 7.99. The first-order valence-electron chi connectivity index (χ1n) is 8.10. The van der Waals surface area contributed by atoms with E-state index in [1.165, 1.54) is 16.8 Å². The average molecular weight is 387 g/mol. The molecule has 3 rings (SSSR count). The molecule has 0 aliphatic carbocycles. The SMILES string of the molecule is COc1ccc(C)cc1-n1nnnc1SCC(=O)Nc1ccc(C)cc1F. The van der Waals surface area contributed by atoms with Crippen molar-refractivity contribution in [3.63, 3.8) is 0 Å². The van der Waals surface area contributed by atoms with E-state index in [0.717, 1.165) is 22.9 Å². The number of aromatic nitrogens is 4. The molecule has 0 fully saturated rings. The number of anilines is 1. The average Bonchev–Trinajstić information content (AvgIpc) is 3.11. The number of ether oxygens (including phenoxy) is 1. The monoisotopic (exact) mass is 387 g/mol. The van der Waals surface area contributed by atoms with Crippen molar-refractivity contribution < 1.29 is 13.9 Å². The van der Waals surface area contributed by atoms with Crippen LogP contribution >= 0.6 is 11.8 Å². The second-order valence-corrected chi connectivity index (χ2v) is 6.81. The Morgan fingerprint density at radius 2 is 1.96 bits per heavy atom. The van der Waals surface area contributed by atoms with Gasteiger partial charge in [0.05, 0.1) is 18.6 Å². The van der Waals surface area contributed by atoms with Crippen molar-refractivity contribution in [2.45, 2.75) is 19.0 Å². The second-order valence-electron chi connectivity index (χ2n) is 5.87. The zero-order valence-electron chi connectivity index (χ0n) is 15.1. The summed E-state index contributed by atoms with van der Waals surface area (Å²) in [5.41, 5.74) is 2.62. The van der Waals surface area contributed by atoms with Gasteiger partial charge in [0.1, 0.15) is 17.3 Å². The molecular formula is C18H18FN5O2S. The Morgan fingerprint density at radius 3 is 2.70 bits per heavy atom. The number of nitrogens with one attached hydrogen (secondary N) is 1. The third kappa shape index (κ3) is 4.43. The van der Waals surface area contributed by atoms with Gasteiger partial charge in [-0.15, -0.1) is 5.10 Å². The number of nitrogens with zero attached hydrogens (tertiary/aromatic N) is 4. The summed E-state index contributed by atoms with van der Waals surface area (Å²) in [6.45, 7) is 3.73. The number of halogens is 1. The molecule has 140 valence electrons. The normalized spacial score (nSPS) is 10.7. The van der Waals surface area contributed by atoms with Crippen LogP contribution in [-0.2, 0) is 4.79 Å². The fraction of sp³-hybridized carbons (Fsp3) is 0.222. The molecule has 0 atom stereocenters. The number of carbonyl (C=O) groups is 1. The van der Waals surface area contributed by atoms with Gasteiger partial charge in [-0.2, -0.15) is 4.68 Å².